The van der Waals surface area contributed by atoms with Gasteiger partial charge in [0.15, 0.2) is 30.9 Å². The number of halogens is 10. The first kappa shape index (κ1) is 91.8. The zero-order valence-electron chi connectivity index (χ0n) is 65.2. The number of hydrogen-bond acceptors (Lipinski definition) is 19. The highest BCUT2D eigenvalue weighted by Gasteiger charge is 2.56. The summed E-state index contributed by atoms with van der Waals surface area (Å²) in [5.41, 5.74) is 4.09. The largest absolute Gasteiger partial charge is 0.452 e. The maximum Gasteiger partial charge on any atom is 0.338 e. The Bertz CT molecular complexity index is 5180. The zero-order chi connectivity index (χ0) is 85.7. The monoisotopic (exact) mass is 1880 g/mol. The molecule has 0 spiro atoms. The third-order valence-corrected chi connectivity index (χ3v) is 23.9. The topological polar surface area (TPSA) is 190 Å². The van der Waals surface area contributed by atoms with Crippen LogP contribution in [-0.2, 0) is 117 Å². The van der Waals surface area contributed by atoms with Crippen LogP contribution >= 0.6 is 128 Å². The Balaban J connectivity index is 0.891. The van der Waals surface area contributed by atoms with Gasteiger partial charge in [0.25, 0.3) is 0 Å². The molecule has 11 aromatic rings. The lowest BCUT2D eigenvalue weighted by Gasteiger charge is -2.48. The number of rotatable bonds is 36. The standard InChI is InChI=1S/C94H80Cl10O18S/c95-66-26-6-56(7-27-66)46-108-53-77-80(109-47-57-8-28-67(96)29-9-57)83(111-49-59-12-32-69(98)33-13-59)86(113-51-61-16-36-71(100)37-17-61)92(117-77)115-54-78-81(110-48-58-10-30-68(97)31-11-58)84(112-50-60-14-34-70(99)35-15-60)87(114-52-62-18-38-72(101)39-19-62)93(118-78)116-55-79-82(120-89(105)63-20-40-73(102)41-21-63)85(121-90(106)64-22-42-74(103)43-23-64)88(94(119-79)123-76-4-2-1-3-5-76)122-91(107)65-24-44-75(104)45-25-65/h1-45,77-88,92-94H,46-55H2/t77-,78-,79-,80-,81-,82-,83+,84+,85+,86-,87-,88-,92-,93-,94+/m1/s1. The number of ether oxygens (including phenoxy) is 15. The second-order valence-electron chi connectivity index (χ2n) is 28.9. The molecule has 3 aliphatic heterocycles. The molecule has 3 heterocycles. The summed E-state index contributed by atoms with van der Waals surface area (Å²) in [6.07, 6.45) is -18.5. The van der Waals surface area contributed by atoms with Crippen molar-refractivity contribution in [3.05, 3.63) is 379 Å². The third-order valence-electron chi connectivity index (χ3n) is 20.2. The van der Waals surface area contributed by atoms with Crippen LogP contribution < -0.4 is 0 Å². The fourth-order valence-electron chi connectivity index (χ4n) is 13.8. The Morgan fingerprint density at radius 3 is 0.813 bits per heavy atom. The van der Waals surface area contributed by atoms with Gasteiger partial charge in [0.05, 0.1) is 82.8 Å². The molecule has 0 aliphatic carbocycles. The minimum Gasteiger partial charge on any atom is -0.452 e. The Labute approximate surface area is 766 Å². The quantitative estimate of drug-likeness (QED) is 0.0266. The van der Waals surface area contributed by atoms with Crippen molar-refractivity contribution in [3.63, 3.8) is 0 Å². The molecule has 18 nitrogen and oxygen atoms in total. The summed E-state index contributed by atoms with van der Waals surface area (Å²) < 4.78 is 106. The van der Waals surface area contributed by atoms with Crippen LogP contribution in [0.15, 0.2) is 278 Å². The molecule has 3 saturated heterocycles. The fourth-order valence-corrected chi connectivity index (χ4v) is 16.2. The van der Waals surface area contributed by atoms with Crippen LogP contribution in [-0.4, -0.2) is 129 Å². The fraction of sp³-hybridized carbons (Fsp3) is 0.266. The van der Waals surface area contributed by atoms with Gasteiger partial charge in [-0.3, -0.25) is 0 Å². The number of benzene rings is 11. The van der Waals surface area contributed by atoms with Crippen LogP contribution in [0.1, 0.15) is 70.0 Å². The predicted octanol–water partition coefficient (Wildman–Crippen LogP) is 22.9. The van der Waals surface area contributed by atoms with Crippen LogP contribution in [0.5, 0.6) is 0 Å². The first-order chi connectivity index (χ1) is 59.7. The Hall–Kier alpha value is -7.40. The van der Waals surface area contributed by atoms with E-state index in [1.165, 1.54) is 72.8 Å². The minimum atomic E-state index is -1.71. The van der Waals surface area contributed by atoms with Gasteiger partial charge in [-0.2, -0.15) is 0 Å². The zero-order valence-corrected chi connectivity index (χ0v) is 73.6. The molecular formula is C94H80Cl10O18S. The van der Waals surface area contributed by atoms with Crippen molar-refractivity contribution < 1.29 is 85.4 Å². The molecule has 123 heavy (non-hydrogen) atoms. The van der Waals surface area contributed by atoms with E-state index in [1.54, 1.807) is 84.9 Å². The highest BCUT2D eigenvalue weighted by atomic mass is 35.5. The van der Waals surface area contributed by atoms with E-state index in [9.17, 15) is 4.79 Å². The van der Waals surface area contributed by atoms with Gasteiger partial charge < -0.3 is 71.1 Å². The maximum atomic E-state index is 15.1. The number of esters is 3. The average Bonchev–Trinajstić information content (AvgIpc) is 0.771. The van der Waals surface area contributed by atoms with E-state index in [0.717, 1.165) is 34.0 Å². The highest BCUT2D eigenvalue weighted by Crippen LogP contribution is 2.42. The van der Waals surface area contributed by atoms with Gasteiger partial charge in [-0.15, -0.1) is 0 Å². The molecule has 29 heteroatoms. The summed E-state index contributed by atoms with van der Waals surface area (Å²) in [4.78, 5) is 45.6. The normalized spacial score (nSPS) is 22.6. The van der Waals surface area contributed by atoms with Gasteiger partial charge in [-0.05, 0) is 209 Å². The van der Waals surface area contributed by atoms with Crippen LogP contribution in [0.3, 0.4) is 0 Å². The van der Waals surface area contributed by atoms with Crippen molar-refractivity contribution >= 4 is 146 Å². The third kappa shape index (κ3) is 26.4. The Morgan fingerprint density at radius 2 is 0.496 bits per heavy atom. The molecule has 3 aliphatic rings. The Kier molecular flexibility index (Phi) is 33.8. The van der Waals surface area contributed by atoms with E-state index >= 15 is 9.59 Å². The molecule has 3 fully saturated rings. The lowest BCUT2D eigenvalue weighted by molar-refractivity contribution is -0.356. The number of thioether (sulfide) groups is 1. The summed E-state index contributed by atoms with van der Waals surface area (Å²) in [7, 11) is 0. The lowest BCUT2D eigenvalue weighted by atomic mass is 9.96. The lowest BCUT2D eigenvalue weighted by Crippen LogP contribution is -2.65. The molecule has 0 unspecified atom stereocenters. The molecule has 0 saturated carbocycles. The van der Waals surface area contributed by atoms with Crippen molar-refractivity contribution in [2.24, 2.45) is 0 Å². The summed E-state index contributed by atoms with van der Waals surface area (Å²) in [5, 5.41) is 4.55. The van der Waals surface area contributed by atoms with Crippen molar-refractivity contribution in [1.82, 2.24) is 0 Å². The summed E-state index contributed by atoms with van der Waals surface area (Å²) in [6, 6.07) is 77.4. The van der Waals surface area contributed by atoms with Gasteiger partial charge in [-0.25, -0.2) is 14.4 Å². The molecule has 11 aromatic carbocycles. The van der Waals surface area contributed by atoms with E-state index in [1.807, 2.05) is 115 Å². The Morgan fingerprint density at radius 1 is 0.244 bits per heavy atom. The van der Waals surface area contributed by atoms with E-state index in [0.29, 0.717) is 71.8 Å². The molecule has 14 rings (SSSR count). The maximum absolute atomic E-state index is 15.1. The second kappa shape index (κ2) is 45.3. The van der Waals surface area contributed by atoms with Gasteiger partial charge in [-0.1, -0.05) is 231 Å². The molecule has 640 valence electrons. The van der Waals surface area contributed by atoms with Gasteiger partial charge in [0.2, 0.25) is 0 Å². The molecule has 15 atom stereocenters. The first-order valence-corrected chi connectivity index (χ1v) is 43.7. The molecular weight excluding hydrogens is 1800 g/mol. The number of hydrogen-bond donors (Lipinski definition) is 0. The second-order valence-corrected chi connectivity index (χ2v) is 34.4. The van der Waals surface area contributed by atoms with Gasteiger partial charge in [0, 0.05) is 55.1 Å². The highest BCUT2D eigenvalue weighted by molar-refractivity contribution is 7.99. The molecule has 0 bridgehead atoms. The summed E-state index contributed by atoms with van der Waals surface area (Å²) in [5.74, 6) is -2.71. The molecule has 0 amide bonds. The average molecular weight is 1880 g/mol. The van der Waals surface area contributed by atoms with E-state index in [-0.39, 0.29) is 69.5 Å². The molecule has 0 N–H and O–H groups in total. The van der Waals surface area contributed by atoms with Crippen LogP contribution in [0.4, 0.5) is 0 Å². The van der Waals surface area contributed by atoms with Crippen LogP contribution in [0.25, 0.3) is 0 Å². The number of carbonyl (C=O) groups is 3. The van der Waals surface area contributed by atoms with E-state index < -0.39 is 122 Å². The van der Waals surface area contributed by atoms with Crippen molar-refractivity contribution in [3.8, 4) is 0 Å². The van der Waals surface area contributed by atoms with Crippen LogP contribution in [0.2, 0.25) is 50.2 Å². The van der Waals surface area contributed by atoms with Gasteiger partial charge in [0.1, 0.15) is 60.4 Å². The van der Waals surface area contributed by atoms with Crippen molar-refractivity contribution in [1.29, 1.82) is 0 Å². The SMILES string of the molecule is O=C(O[C@@H]1[C@@H](OC(=O)c2ccc(Cl)cc2)[C@H](Sc2ccccc2)O[C@H](CO[C@@H]2O[C@H](CO[C@@H]3O[C@H](COCc4ccc(Cl)cc4)[C@@H](OCc4ccc(Cl)cc4)[C@H](OCc4ccc(Cl)cc4)[C@H]3OCc3ccc(Cl)cc3)[C@@H](OCc3ccc(Cl)cc3)[C@H](OCc3ccc(Cl)cc3)[C@H]2OCc2ccc(Cl)cc2)[C@H]1OC(=O)c1ccc(Cl)cc1)c1ccc(Cl)cc1. The smallest absolute Gasteiger partial charge is 0.338 e. The van der Waals surface area contributed by atoms with E-state index in [2.05, 4.69) is 0 Å². The predicted molar refractivity (Wildman–Crippen MR) is 473 cm³/mol. The van der Waals surface area contributed by atoms with E-state index in [4.69, 9.17) is 187 Å². The summed E-state index contributed by atoms with van der Waals surface area (Å²) >= 11 is 65.8. The minimum absolute atomic E-state index is 0.0138. The number of carbonyl (C=O) groups excluding carboxylic acids is 3. The summed E-state index contributed by atoms with van der Waals surface area (Å²) in [6.45, 7) is -1.06. The van der Waals surface area contributed by atoms with Crippen molar-refractivity contribution in [2.45, 2.75) is 142 Å². The molecule has 0 aromatic heterocycles. The van der Waals surface area contributed by atoms with Gasteiger partial charge >= 0.3 is 17.9 Å². The van der Waals surface area contributed by atoms with Crippen LogP contribution in [0, 0.1) is 0 Å². The van der Waals surface area contributed by atoms with Crippen molar-refractivity contribution in [2.75, 3.05) is 19.8 Å². The molecule has 0 radical (unpaired) electrons. The first-order valence-electron chi connectivity index (χ1n) is 39.0.